The van der Waals surface area contributed by atoms with Crippen molar-refractivity contribution in [3.8, 4) is 5.69 Å². The van der Waals surface area contributed by atoms with E-state index in [0.717, 1.165) is 5.56 Å². The number of Topliss-reactive ketones (excluding diaryl/α,β-unsaturated/α-hetero) is 1. The third-order valence-electron chi connectivity index (χ3n) is 5.04. The van der Waals surface area contributed by atoms with E-state index < -0.39 is 17.3 Å². The van der Waals surface area contributed by atoms with Crippen molar-refractivity contribution in [1.82, 2.24) is 4.57 Å². The fourth-order valence-electron chi connectivity index (χ4n) is 3.59. The monoisotopic (exact) mass is 390 g/mol. The summed E-state index contributed by atoms with van der Waals surface area (Å²) < 4.78 is 14.9. The predicted octanol–water partition coefficient (Wildman–Crippen LogP) is 4.06. The molecule has 1 aromatic heterocycles. The van der Waals surface area contributed by atoms with Crippen LogP contribution in [0.15, 0.2) is 59.4 Å². The van der Waals surface area contributed by atoms with Crippen molar-refractivity contribution in [3.05, 3.63) is 93.2 Å². The van der Waals surface area contributed by atoms with E-state index in [9.17, 15) is 18.8 Å². The molecule has 1 aliphatic carbocycles. The number of nitrogens with zero attached hydrogens (tertiary/aromatic N) is 1. The molecule has 0 bridgehead atoms. The molecule has 2 aromatic carbocycles. The molecule has 1 N–H and O–H groups in total. The lowest BCUT2D eigenvalue weighted by Gasteiger charge is -2.21. The van der Waals surface area contributed by atoms with Crippen LogP contribution in [-0.4, -0.2) is 16.3 Å². The number of pyridine rings is 1. The molecule has 0 aliphatic heterocycles. The summed E-state index contributed by atoms with van der Waals surface area (Å²) in [5, 5.41) is 2.55. The van der Waals surface area contributed by atoms with Gasteiger partial charge in [-0.05, 0) is 56.2 Å². The first kappa shape index (κ1) is 18.8. The smallest absolute Gasteiger partial charge is 0.268 e. The first-order valence-electron chi connectivity index (χ1n) is 9.40. The number of anilines is 1. The first-order valence-corrected chi connectivity index (χ1v) is 9.40. The minimum atomic E-state index is -0.678. The van der Waals surface area contributed by atoms with Crippen LogP contribution < -0.4 is 10.9 Å². The van der Waals surface area contributed by atoms with Crippen LogP contribution in [0, 0.1) is 12.7 Å². The number of carbonyl (C=O) groups excluding carboxylic acids is 2. The van der Waals surface area contributed by atoms with Gasteiger partial charge in [-0.2, -0.15) is 0 Å². The highest BCUT2D eigenvalue weighted by atomic mass is 19.1. The molecule has 0 fully saturated rings. The minimum absolute atomic E-state index is 0.0908. The van der Waals surface area contributed by atoms with E-state index in [0.29, 0.717) is 36.2 Å². The number of amides is 1. The van der Waals surface area contributed by atoms with Crippen molar-refractivity contribution in [1.29, 1.82) is 0 Å². The number of benzene rings is 2. The van der Waals surface area contributed by atoms with Gasteiger partial charge >= 0.3 is 0 Å². The van der Waals surface area contributed by atoms with E-state index >= 15 is 0 Å². The van der Waals surface area contributed by atoms with E-state index in [1.165, 1.54) is 34.9 Å². The van der Waals surface area contributed by atoms with Crippen LogP contribution in [0.4, 0.5) is 10.1 Å². The van der Waals surface area contributed by atoms with Crippen LogP contribution in [0.2, 0.25) is 0 Å². The molecule has 1 aliphatic rings. The van der Waals surface area contributed by atoms with Crippen LogP contribution >= 0.6 is 0 Å². The van der Waals surface area contributed by atoms with Gasteiger partial charge in [-0.1, -0.05) is 23.8 Å². The minimum Gasteiger partial charge on any atom is -0.322 e. The van der Waals surface area contributed by atoms with E-state index in [4.69, 9.17) is 0 Å². The molecule has 1 amide bonds. The van der Waals surface area contributed by atoms with E-state index in [2.05, 4.69) is 5.32 Å². The topological polar surface area (TPSA) is 68.2 Å². The Kier molecular flexibility index (Phi) is 4.84. The maximum Gasteiger partial charge on any atom is 0.268 e. The average molecular weight is 390 g/mol. The lowest BCUT2D eigenvalue weighted by molar-refractivity contribution is 0.0971. The summed E-state index contributed by atoms with van der Waals surface area (Å²) in [6, 6.07) is 14.1. The molecule has 4 rings (SSSR count). The van der Waals surface area contributed by atoms with Crippen LogP contribution in [0.1, 0.15) is 44.8 Å². The quantitative estimate of drug-likeness (QED) is 0.733. The fourth-order valence-corrected chi connectivity index (χ4v) is 3.59. The normalized spacial score (nSPS) is 13.1. The lowest BCUT2D eigenvalue weighted by Crippen LogP contribution is -2.33. The first-order chi connectivity index (χ1) is 13.9. The summed E-state index contributed by atoms with van der Waals surface area (Å²) in [5.74, 6) is -1.27. The van der Waals surface area contributed by atoms with Gasteiger partial charge in [0.2, 0.25) is 0 Å². The van der Waals surface area contributed by atoms with Crippen molar-refractivity contribution < 1.29 is 14.0 Å². The molecule has 0 atom stereocenters. The van der Waals surface area contributed by atoms with Crippen LogP contribution in [0.3, 0.4) is 0 Å². The Morgan fingerprint density at radius 1 is 1.03 bits per heavy atom. The zero-order chi connectivity index (χ0) is 20.5. The molecule has 0 saturated heterocycles. The molecule has 0 radical (unpaired) electrons. The summed E-state index contributed by atoms with van der Waals surface area (Å²) >= 11 is 0. The maximum absolute atomic E-state index is 13.4. The molecule has 3 aromatic rings. The number of hydrogen-bond acceptors (Lipinski definition) is 3. The van der Waals surface area contributed by atoms with E-state index in [1.807, 2.05) is 19.1 Å². The van der Waals surface area contributed by atoms with Crippen molar-refractivity contribution in [3.63, 3.8) is 0 Å². The van der Waals surface area contributed by atoms with Crippen LogP contribution in [0.5, 0.6) is 0 Å². The summed E-state index contributed by atoms with van der Waals surface area (Å²) in [7, 11) is 0. The molecular weight excluding hydrogens is 371 g/mol. The number of aromatic nitrogens is 1. The molecule has 0 spiro atoms. The third kappa shape index (κ3) is 3.61. The second-order valence-corrected chi connectivity index (χ2v) is 7.14. The predicted molar refractivity (Wildman–Crippen MR) is 108 cm³/mol. The number of rotatable bonds is 3. The Morgan fingerprint density at radius 3 is 2.52 bits per heavy atom. The fraction of sp³-hybridized carbons (Fsp3) is 0.174. The Bertz CT molecular complexity index is 1180. The van der Waals surface area contributed by atoms with Crippen LogP contribution in [0.25, 0.3) is 5.69 Å². The number of fused-ring (bicyclic) bond motifs is 1. The summed E-state index contributed by atoms with van der Waals surface area (Å²) in [6.45, 7) is 1.94. The Balaban J connectivity index is 1.86. The average Bonchev–Trinajstić information content (AvgIpc) is 2.69. The molecule has 146 valence electrons. The van der Waals surface area contributed by atoms with Crippen LogP contribution in [-0.2, 0) is 6.42 Å². The summed E-state index contributed by atoms with van der Waals surface area (Å²) in [4.78, 5) is 38.6. The van der Waals surface area contributed by atoms with Gasteiger partial charge in [-0.3, -0.25) is 19.0 Å². The van der Waals surface area contributed by atoms with Gasteiger partial charge in [-0.25, -0.2) is 4.39 Å². The van der Waals surface area contributed by atoms with Crippen molar-refractivity contribution >= 4 is 17.4 Å². The third-order valence-corrected chi connectivity index (χ3v) is 5.04. The molecule has 5 nitrogen and oxygen atoms in total. The molecule has 29 heavy (non-hydrogen) atoms. The molecule has 0 saturated carbocycles. The molecular formula is C23H19FN2O3. The zero-order valence-electron chi connectivity index (χ0n) is 15.9. The van der Waals surface area contributed by atoms with E-state index in [-0.39, 0.29) is 17.0 Å². The van der Waals surface area contributed by atoms with E-state index in [1.54, 1.807) is 12.1 Å². The number of ketones is 1. The molecule has 6 heteroatoms. The second-order valence-electron chi connectivity index (χ2n) is 7.14. The van der Waals surface area contributed by atoms with Gasteiger partial charge in [-0.15, -0.1) is 0 Å². The van der Waals surface area contributed by atoms with Gasteiger partial charge in [0.25, 0.3) is 11.5 Å². The molecule has 0 unspecified atom stereocenters. The Hall–Kier alpha value is -3.54. The van der Waals surface area contributed by atoms with Gasteiger partial charge < -0.3 is 5.32 Å². The highest BCUT2D eigenvalue weighted by Gasteiger charge is 2.26. The second kappa shape index (κ2) is 7.47. The zero-order valence-corrected chi connectivity index (χ0v) is 15.9. The van der Waals surface area contributed by atoms with Gasteiger partial charge in [0.05, 0.1) is 0 Å². The molecule has 1 heterocycles. The highest BCUT2D eigenvalue weighted by Crippen LogP contribution is 2.24. The highest BCUT2D eigenvalue weighted by molar-refractivity contribution is 6.06. The Morgan fingerprint density at radius 2 is 1.79 bits per heavy atom. The summed E-state index contributed by atoms with van der Waals surface area (Å²) in [6.07, 6.45) is 1.62. The number of nitrogens with one attached hydrogen (secondary N) is 1. The van der Waals surface area contributed by atoms with Gasteiger partial charge in [0.1, 0.15) is 11.4 Å². The number of aryl methyl sites for hydroxylation is 1. The van der Waals surface area contributed by atoms with Gasteiger partial charge in [0, 0.05) is 29.1 Å². The standard InChI is InChI=1S/C23H19FN2O3/c1-14-8-10-17(11-9-14)26-20-6-3-7-21(27)18(20)13-19(23(26)29)22(28)25-16-5-2-4-15(24)12-16/h2,4-5,8-13H,3,6-7H2,1H3,(H,25,28). The Labute approximate surface area is 166 Å². The van der Waals surface area contributed by atoms with Crippen molar-refractivity contribution in [2.45, 2.75) is 26.2 Å². The van der Waals surface area contributed by atoms with Crippen molar-refractivity contribution in [2.24, 2.45) is 0 Å². The number of hydrogen-bond donors (Lipinski definition) is 1. The lowest BCUT2D eigenvalue weighted by atomic mass is 9.92. The SMILES string of the molecule is Cc1ccc(-n2c3c(cc(C(=O)Nc4cccc(F)c4)c2=O)C(=O)CCC3)cc1. The van der Waals surface area contributed by atoms with Crippen molar-refractivity contribution in [2.75, 3.05) is 5.32 Å². The maximum atomic E-state index is 13.4. The largest absolute Gasteiger partial charge is 0.322 e. The number of carbonyl (C=O) groups is 2. The summed E-state index contributed by atoms with van der Waals surface area (Å²) in [5.41, 5.74) is 2.23. The number of halogens is 1. The van der Waals surface area contributed by atoms with Gasteiger partial charge in [0.15, 0.2) is 5.78 Å².